The highest BCUT2D eigenvalue weighted by molar-refractivity contribution is 4.86. The van der Waals surface area contributed by atoms with Crippen molar-refractivity contribution in [2.75, 3.05) is 19.8 Å². The molecule has 2 heteroatoms. The number of ether oxygens (including phenoxy) is 1. The number of rotatable bonds is 5. The first-order valence-corrected chi connectivity index (χ1v) is 7.62. The summed E-state index contributed by atoms with van der Waals surface area (Å²) in [6, 6.07) is 0.764. The van der Waals surface area contributed by atoms with Crippen LogP contribution in [-0.4, -0.2) is 25.8 Å². The highest BCUT2D eigenvalue weighted by Crippen LogP contribution is 2.36. The number of hydrogen-bond donors (Lipinski definition) is 1. The molecule has 2 nitrogen and oxygen atoms in total. The standard InChI is InChI=1S/C15H29NO/c1-3-16-15(14-6-4-5-12(14)2)11-13-7-9-17-10-8-13/h12-16H,3-11H2,1-2H3. The van der Waals surface area contributed by atoms with Crippen molar-refractivity contribution in [3.05, 3.63) is 0 Å². The molecule has 2 rings (SSSR count). The Labute approximate surface area is 107 Å². The molecule has 0 aromatic carbocycles. The maximum absolute atomic E-state index is 5.47. The SMILES string of the molecule is CCNC(CC1CCOCC1)C1CCCC1C. The molecule has 3 unspecified atom stereocenters. The Hall–Kier alpha value is -0.0800. The molecule has 2 aliphatic rings. The van der Waals surface area contributed by atoms with Gasteiger partial charge in [-0.05, 0) is 50.0 Å². The summed E-state index contributed by atoms with van der Waals surface area (Å²) >= 11 is 0. The van der Waals surface area contributed by atoms with Gasteiger partial charge in [-0.25, -0.2) is 0 Å². The Balaban J connectivity index is 1.86. The van der Waals surface area contributed by atoms with E-state index in [9.17, 15) is 0 Å². The normalized spacial score (nSPS) is 32.8. The Bertz CT molecular complexity index is 213. The van der Waals surface area contributed by atoms with E-state index in [1.54, 1.807) is 0 Å². The minimum atomic E-state index is 0.764. The van der Waals surface area contributed by atoms with Gasteiger partial charge in [-0.1, -0.05) is 26.7 Å². The smallest absolute Gasteiger partial charge is 0.0468 e. The Morgan fingerprint density at radius 1 is 1.18 bits per heavy atom. The van der Waals surface area contributed by atoms with Crippen LogP contribution in [0.15, 0.2) is 0 Å². The zero-order valence-corrected chi connectivity index (χ0v) is 11.6. The highest BCUT2D eigenvalue weighted by Gasteiger charge is 2.32. The Kier molecular flexibility index (Phi) is 5.30. The molecule has 1 aliphatic carbocycles. The van der Waals surface area contributed by atoms with Gasteiger partial charge in [0.2, 0.25) is 0 Å². The van der Waals surface area contributed by atoms with Crippen LogP contribution in [0.5, 0.6) is 0 Å². The molecule has 1 saturated heterocycles. The van der Waals surface area contributed by atoms with Crippen molar-refractivity contribution in [3.63, 3.8) is 0 Å². The van der Waals surface area contributed by atoms with E-state index < -0.39 is 0 Å². The van der Waals surface area contributed by atoms with Crippen molar-refractivity contribution >= 4 is 0 Å². The molecule has 0 radical (unpaired) electrons. The zero-order valence-electron chi connectivity index (χ0n) is 11.6. The molecule has 0 aromatic heterocycles. The van der Waals surface area contributed by atoms with Crippen molar-refractivity contribution in [2.45, 2.75) is 58.4 Å². The van der Waals surface area contributed by atoms with Crippen molar-refractivity contribution in [1.82, 2.24) is 5.32 Å². The molecule has 1 saturated carbocycles. The topological polar surface area (TPSA) is 21.3 Å². The van der Waals surface area contributed by atoms with Gasteiger partial charge in [-0.15, -0.1) is 0 Å². The predicted octanol–water partition coefficient (Wildman–Crippen LogP) is 3.22. The highest BCUT2D eigenvalue weighted by atomic mass is 16.5. The molecular weight excluding hydrogens is 210 g/mol. The van der Waals surface area contributed by atoms with Gasteiger partial charge in [0.25, 0.3) is 0 Å². The summed E-state index contributed by atoms with van der Waals surface area (Å²) in [4.78, 5) is 0. The van der Waals surface area contributed by atoms with Crippen LogP contribution in [-0.2, 0) is 4.74 Å². The van der Waals surface area contributed by atoms with Gasteiger partial charge < -0.3 is 10.1 Å². The third-order valence-corrected chi connectivity index (χ3v) is 4.84. The molecule has 1 N–H and O–H groups in total. The monoisotopic (exact) mass is 239 g/mol. The lowest BCUT2D eigenvalue weighted by molar-refractivity contribution is 0.0568. The fourth-order valence-corrected chi connectivity index (χ4v) is 3.78. The van der Waals surface area contributed by atoms with Crippen LogP contribution in [0.1, 0.15) is 52.4 Å². The summed E-state index contributed by atoms with van der Waals surface area (Å²) in [6.07, 6.45) is 8.28. The molecule has 0 spiro atoms. The summed E-state index contributed by atoms with van der Waals surface area (Å²) in [7, 11) is 0. The minimum absolute atomic E-state index is 0.764. The summed E-state index contributed by atoms with van der Waals surface area (Å²) in [5, 5.41) is 3.76. The van der Waals surface area contributed by atoms with Crippen LogP contribution in [0.2, 0.25) is 0 Å². The first-order chi connectivity index (χ1) is 8.31. The number of hydrogen-bond acceptors (Lipinski definition) is 2. The quantitative estimate of drug-likeness (QED) is 0.795. The van der Waals surface area contributed by atoms with Gasteiger partial charge in [0.1, 0.15) is 0 Å². The molecule has 0 bridgehead atoms. The maximum atomic E-state index is 5.47. The second-order valence-electron chi connectivity index (χ2n) is 6.03. The average molecular weight is 239 g/mol. The van der Waals surface area contributed by atoms with Gasteiger partial charge in [0.05, 0.1) is 0 Å². The lowest BCUT2D eigenvalue weighted by atomic mass is 9.82. The van der Waals surface area contributed by atoms with Crippen molar-refractivity contribution in [1.29, 1.82) is 0 Å². The first-order valence-electron chi connectivity index (χ1n) is 7.62. The van der Waals surface area contributed by atoms with E-state index in [2.05, 4.69) is 19.2 Å². The summed E-state index contributed by atoms with van der Waals surface area (Å²) in [5.74, 6) is 2.76. The van der Waals surface area contributed by atoms with E-state index in [-0.39, 0.29) is 0 Å². The van der Waals surface area contributed by atoms with Gasteiger partial charge in [0, 0.05) is 19.3 Å². The molecular formula is C15H29NO. The van der Waals surface area contributed by atoms with Crippen LogP contribution >= 0.6 is 0 Å². The molecule has 0 amide bonds. The second-order valence-corrected chi connectivity index (χ2v) is 6.03. The molecule has 1 heterocycles. The maximum Gasteiger partial charge on any atom is 0.0468 e. The van der Waals surface area contributed by atoms with Gasteiger partial charge in [0.15, 0.2) is 0 Å². The van der Waals surface area contributed by atoms with E-state index in [4.69, 9.17) is 4.74 Å². The molecule has 3 atom stereocenters. The largest absolute Gasteiger partial charge is 0.381 e. The lowest BCUT2D eigenvalue weighted by Crippen LogP contribution is -2.39. The van der Waals surface area contributed by atoms with Gasteiger partial charge in [-0.2, -0.15) is 0 Å². The van der Waals surface area contributed by atoms with Crippen LogP contribution in [0, 0.1) is 17.8 Å². The Morgan fingerprint density at radius 3 is 2.53 bits per heavy atom. The molecule has 1 aliphatic heterocycles. The van der Waals surface area contributed by atoms with E-state index >= 15 is 0 Å². The van der Waals surface area contributed by atoms with Crippen molar-refractivity contribution in [3.8, 4) is 0 Å². The lowest BCUT2D eigenvalue weighted by Gasteiger charge is -2.32. The van der Waals surface area contributed by atoms with E-state index in [0.717, 1.165) is 43.6 Å². The van der Waals surface area contributed by atoms with E-state index in [1.807, 2.05) is 0 Å². The predicted molar refractivity (Wildman–Crippen MR) is 72.1 cm³/mol. The van der Waals surface area contributed by atoms with Crippen molar-refractivity contribution in [2.24, 2.45) is 17.8 Å². The second kappa shape index (κ2) is 6.75. The number of nitrogens with one attached hydrogen (secondary N) is 1. The average Bonchev–Trinajstić information content (AvgIpc) is 2.76. The summed E-state index contributed by atoms with van der Waals surface area (Å²) < 4.78 is 5.47. The third kappa shape index (κ3) is 3.69. The summed E-state index contributed by atoms with van der Waals surface area (Å²) in [5.41, 5.74) is 0. The fraction of sp³-hybridized carbons (Fsp3) is 1.00. The van der Waals surface area contributed by atoms with Crippen LogP contribution < -0.4 is 5.32 Å². The van der Waals surface area contributed by atoms with Crippen LogP contribution in [0.25, 0.3) is 0 Å². The van der Waals surface area contributed by atoms with E-state index in [0.29, 0.717) is 0 Å². The summed E-state index contributed by atoms with van der Waals surface area (Å²) in [6.45, 7) is 7.80. The van der Waals surface area contributed by atoms with E-state index in [1.165, 1.54) is 38.5 Å². The van der Waals surface area contributed by atoms with Crippen LogP contribution in [0.4, 0.5) is 0 Å². The van der Waals surface area contributed by atoms with Crippen molar-refractivity contribution < 1.29 is 4.74 Å². The molecule has 2 fully saturated rings. The third-order valence-electron chi connectivity index (χ3n) is 4.84. The molecule has 0 aromatic rings. The Morgan fingerprint density at radius 2 is 1.94 bits per heavy atom. The van der Waals surface area contributed by atoms with Gasteiger partial charge in [-0.3, -0.25) is 0 Å². The molecule has 100 valence electrons. The minimum Gasteiger partial charge on any atom is -0.381 e. The van der Waals surface area contributed by atoms with Gasteiger partial charge >= 0.3 is 0 Å². The first kappa shape index (κ1) is 13.4. The van der Waals surface area contributed by atoms with Crippen LogP contribution in [0.3, 0.4) is 0 Å². The zero-order chi connectivity index (χ0) is 12.1. The molecule has 17 heavy (non-hydrogen) atoms. The fourth-order valence-electron chi connectivity index (χ4n) is 3.78.